The van der Waals surface area contributed by atoms with E-state index in [1.54, 1.807) is 42.3 Å². The van der Waals surface area contributed by atoms with Gasteiger partial charge in [0.2, 0.25) is 5.82 Å². The lowest BCUT2D eigenvalue weighted by atomic mass is 10.2. The molecule has 0 aliphatic carbocycles. The van der Waals surface area contributed by atoms with Crippen LogP contribution < -0.4 is 15.4 Å². The van der Waals surface area contributed by atoms with E-state index < -0.39 is 29.5 Å². The van der Waals surface area contributed by atoms with E-state index in [2.05, 4.69) is 25.8 Å². The smallest absolute Gasteiger partial charge is 0.291 e. The van der Waals surface area contributed by atoms with Crippen LogP contribution in [0, 0.1) is 11.6 Å². The number of pyridine rings is 1. The van der Waals surface area contributed by atoms with Crippen molar-refractivity contribution in [2.75, 3.05) is 11.9 Å². The standard InChI is InChI=1S/C20H15F2N7O3/c1-28-8-10(7-23-28)14-3-2-4-16-25-18(27-29(14)16)20(31)24-13-9-32-15-6-11(21)5-12(22)17(15)26-19(13)30/h2-8,13H,9H2,1H3,(H,24,31)(H,26,30). The first-order valence-corrected chi connectivity index (χ1v) is 9.47. The molecule has 1 aliphatic rings. The Morgan fingerprint density at radius 1 is 1.31 bits per heavy atom. The maximum atomic E-state index is 14.0. The fourth-order valence-electron chi connectivity index (χ4n) is 3.35. The fourth-order valence-corrected chi connectivity index (χ4v) is 3.35. The normalized spacial score (nSPS) is 15.6. The molecule has 1 aromatic carbocycles. The Hall–Kier alpha value is -4.35. The highest BCUT2D eigenvalue weighted by molar-refractivity contribution is 6.01. The van der Waals surface area contributed by atoms with Crippen molar-refractivity contribution in [3.05, 3.63) is 60.2 Å². The molecule has 1 aliphatic heterocycles. The summed E-state index contributed by atoms with van der Waals surface area (Å²) < 4.78 is 35.9. The van der Waals surface area contributed by atoms with E-state index in [1.165, 1.54) is 4.52 Å². The number of anilines is 1. The first-order valence-electron chi connectivity index (χ1n) is 9.47. The molecule has 0 saturated heterocycles. The molecule has 2 amide bonds. The Labute approximate surface area is 178 Å². The number of carbonyl (C=O) groups is 2. The number of nitrogens with zero attached hydrogens (tertiary/aromatic N) is 5. The monoisotopic (exact) mass is 439 g/mol. The Bertz CT molecular complexity index is 1380. The van der Waals surface area contributed by atoms with Gasteiger partial charge in [-0.15, -0.1) is 5.10 Å². The van der Waals surface area contributed by atoms with Crippen LogP contribution in [0.5, 0.6) is 5.75 Å². The van der Waals surface area contributed by atoms with Gasteiger partial charge in [-0.2, -0.15) is 5.10 Å². The van der Waals surface area contributed by atoms with Crippen molar-refractivity contribution in [1.29, 1.82) is 0 Å². The van der Waals surface area contributed by atoms with Gasteiger partial charge in [0.1, 0.15) is 29.9 Å². The van der Waals surface area contributed by atoms with Crippen molar-refractivity contribution in [1.82, 2.24) is 29.7 Å². The summed E-state index contributed by atoms with van der Waals surface area (Å²) in [6.07, 6.45) is 3.45. The van der Waals surface area contributed by atoms with E-state index in [4.69, 9.17) is 4.74 Å². The third kappa shape index (κ3) is 3.41. The number of hydrogen-bond donors (Lipinski definition) is 2. The van der Waals surface area contributed by atoms with E-state index in [0.717, 1.165) is 11.6 Å². The average Bonchev–Trinajstić information content (AvgIpc) is 3.35. The molecular formula is C20H15F2N7O3. The average molecular weight is 439 g/mol. The number of nitrogens with one attached hydrogen (secondary N) is 2. The van der Waals surface area contributed by atoms with Crippen LogP contribution in [0.25, 0.3) is 16.9 Å². The SMILES string of the molecule is Cn1cc(-c2cccc3nc(C(=O)NC4COc5cc(F)cc(F)c5NC4=O)nn23)cn1. The largest absolute Gasteiger partial charge is 0.488 e. The fraction of sp³-hybridized carbons (Fsp3) is 0.150. The van der Waals surface area contributed by atoms with Crippen LogP contribution in [0.1, 0.15) is 10.6 Å². The number of fused-ring (bicyclic) bond motifs is 2. The first kappa shape index (κ1) is 19.6. The first-order chi connectivity index (χ1) is 15.4. The lowest BCUT2D eigenvalue weighted by Gasteiger charge is -2.13. The molecule has 1 unspecified atom stereocenters. The third-order valence-corrected chi connectivity index (χ3v) is 4.86. The molecule has 0 spiro atoms. The van der Waals surface area contributed by atoms with E-state index >= 15 is 0 Å². The molecular weight excluding hydrogens is 424 g/mol. The third-order valence-electron chi connectivity index (χ3n) is 4.86. The van der Waals surface area contributed by atoms with Crippen LogP contribution in [-0.4, -0.2) is 48.8 Å². The van der Waals surface area contributed by atoms with Crippen LogP contribution in [0.2, 0.25) is 0 Å². The second-order valence-electron chi connectivity index (χ2n) is 7.11. The van der Waals surface area contributed by atoms with Gasteiger partial charge in [0, 0.05) is 30.9 Å². The molecule has 162 valence electrons. The number of aryl methyl sites for hydroxylation is 1. The Balaban J connectivity index is 1.39. The molecule has 1 atom stereocenters. The van der Waals surface area contributed by atoms with Gasteiger partial charge in [0.25, 0.3) is 11.8 Å². The van der Waals surface area contributed by atoms with Gasteiger partial charge in [0.15, 0.2) is 11.5 Å². The van der Waals surface area contributed by atoms with Gasteiger partial charge in [-0.3, -0.25) is 14.3 Å². The van der Waals surface area contributed by atoms with Crippen molar-refractivity contribution in [2.45, 2.75) is 6.04 Å². The van der Waals surface area contributed by atoms with Gasteiger partial charge in [-0.25, -0.2) is 18.3 Å². The molecule has 3 aromatic heterocycles. The number of rotatable bonds is 3. The minimum Gasteiger partial charge on any atom is -0.488 e. The molecule has 12 heteroatoms. The maximum absolute atomic E-state index is 14.0. The molecule has 4 heterocycles. The zero-order valence-corrected chi connectivity index (χ0v) is 16.5. The van der Waals surface area contributed by atoms with E-state index in [0.29, 0.717) is 17.4 Å². The quantitative estimate of drug-likeness (QED) is 0.500. The number of aromatic nitrogens is 5. The van der Waals surface area contributed by atoms with E-state index in [9.17, 15) is 18.4 Å². The predicted molar refractivity (Wildman–Crippen MR) is 107 cm³/mol. The molecule has 2 N–H and O–H groups in total. The van der Waals surface area contributed by atoms with Crippen LogP contribution >= 0.6 is 0 Å². The van der Waals surface area contributed by atoms with Crippen molar-refractivity contribution < 1.29 is 23.1 Å². The highest BCUT2D eigenvalue weighted by Crippen LogP contribution is 2.31. The number of amides is 2. The number of benzene rings is 1. The van der Waals surface area contributed by atoms with Crippen molar-refractivity contribution in [3.63, 3.8) is 0 Å². The van der Waals surface area contributed by atoms with Crippen LogP contribution in [0.4, 0.5) is 14.5 Å². The van der Waals surface area contributed by atoms with Crippen LogP contribution in [-0.2, 0) is 11.8 Å². The molecule has 4 aromatic rings. The zero-order valence-electron chi connectivity index (χ0n) is 16.5. The maximum Gasteiger partial charge on any atom is 0.291 e. The summed E-state index contributed by atoms with van der Waals surface area (Å²) in [5, 5.41) is 13.2. The van der Waals surface area contributed by atoms with Gasteiger partial charge in [-0.1, -0.05) is 6.07 Å². The summed E-state index contributed by atoms with van der Waals surface area (Å²) in [5.74, 6) is -3.62. The summed E-state index contributed by atoms with van der Waals surface area (Å²) in [6.45, 7) is -0.332. The summed E-state index contributed by atoms with van der Waals surface area (Å²) in [6, 6.07) is 5.65. The van der Waals surface area contributed by atoms with Crippen LogP contribution in [0.3, 0.4) is 0 Å². The molecule has 5 rings (SSSR count). The van der Waals surface area contributed by atoms with Gasteiger partial charge >= 0.3 is 0 Å². The Morgan fingerprint density at radius 2 is 2.16 bits per heavy atom. The van der Waals surface area contributed by atoms with Crippen molar-refractivity contribution in [2.24, 2.45) is 7.05 Å². The number of hydrogen-bond acceptors (Lipinski definition) is 6. The second kappa shape index (κ2) is 7.41. The minimum absolute atomic E-state index is 0.167. The highest BCUT2D eigenvalue weighted by atomic mass is 19.1. The molecule has 32 heavy (non-hydrogen) atoms. The van der Waals surface area contributed by atoms with Gasteiger partial charge in [0.05, 0.1) is 11.9 Å². The molecule has 0 fully saturated rings. The molecule has 10 nitrogen and oxygen atoms in total. The Kier molecular flexibility index (Phi) is 4.54. The Morgan fingerprint density at radius 3 is 2.94 bits per heavy atom. The van der Waals surface area contributed by atoms with E-state index in [-0.39, 0.29) is 23.9 Å². The summed E-state index contributed by atoms with van der Waals surface area (Å²) >= 11 is 0. The summed E-state index contributed by atoms with van der Waals surface area (Å²) in [5.41, 5.74) is 1.58. The number of ether oxygens (including phenoxy) is 1. The molecule has 0 saturated carbocycles. The van der Waals surface area contributed by atoms with Crippen LogP contribution in [0.15, 0.2) is 42.7 Å². The number of halogens is 2. The molecule has 0 radical (unpaired) electrons. The zero-order chi connectivity index (χ0) is 22.4. The predicted octanol–water partition coefficient (Wildman–Crippen LogP) is 1.54. The number of carbonyl (C=O) groups excluding carboxylic acids is 2. The minimum atomic E-state index is -1.18. The van der Waals surface area contributed by atoms with Gasteiger partial charge < -0.3 is 15.4 Å². The lowest BCUT2D eigenvalue weighted by Crippen LogP contribution is -2.46. The topological polar surface area (TPSA) is 115 Å². The van der Waals surface area contributed by atoms with Crippen molar-refractivity contribution >= 4 is 23.1 Å². The summed E-state index contributed by atoms with van der Waals surface area (Å²) in [7, 11) is 1.78. The lowest BCUT2D eigenvalue weighted by molar-refractivity contribution is -0.118. The van der Waals surface area contributed by atoms with E-state index in [1.807, 2.05) is 0 Å². The van der Waals surface area contributed by atoms with Crippen molar-refractivity contribution in [3.8, 4) is 17.0 Å². The second-order valence-corrected chi connectivity index (χ2v) is 7.11. The summed E-state index contributed by atoms with van der Waals surface area (Å²) in [4.78, 5) is 29.4. The highest BCUT2D eigenvalue weighted by Gasteiger charge is 2.30. The van der Waals surface area contributed by atoms with Gasteiger partial charge in [-0.05, 0) is 12.1 Å². The molecule has 0 bridgehead atoms.